The molecule has 23 heavy (non-hydrogen) atoms. The predicted octanol–water partition coefficient (Wildman–Crippen LogP) is 4.25. The first-order chi connectivity index (χ1) is 11.3. The molecule has 3 rings (SSSR count). The van der Waals surface area contributed by atoms with Crippen molar-refractivity contribution in [3.05, 3.63) is 64.8 Å². The fourth-order valence-electron chi connectivity index (χ4n) is 2.33. The maximum atomic E-state index is 12.3. The number of hydrogen-bond acceptors (Lipinski definition) is 3. The van der Waals surface area contributed by atoms with E-state index in [0.717, 1.165) is 12.0 Å². The number of benzene rings is 2. The van der Waals surface area contributed by atoms with Crippen molar-refractivity contribution in [2.24, 2.45) is 0 Å². The summed E-state index contributed by atoms with van der Waals surface area (Å²) in [7, 11) is 0. The minimum atomic E-state index is -0.0658. The molecule has 114 valence electrons. The molecular weight excluding hydrogens is 288 g/mol. The van der Waals surface area contributed by atoms with Gasteiger partial charge in [-0.05, 0) is 18.6 Å². The van der Waals surface area contributed by atoms with Gasteiger partial charge in [0, 0.05) is 24.1 Å². The van der Waals surface area contributed by atoms with E-state index in [1.807, 2.05) is 30.3 Å². The van der Waals surface area contributed by atoms with Gasteiger partial charge in [0.1, 0.15) is 17.1 Å². The maximum absolute atomic E-state index is 12.3. The largest absolute Gasteiger partial charge is 0.493 e. The van der Waals surface area contributed by atoms with E-state index in [0.29, 0.717) is 35.5 Å². The monoisotopic (exact) mass is 304 g/mol. The van der Waals surface area contributed by atoms with Crippen LogP contribution < -0.4 is 10.2 Å². The van der Waals surface area contributed by atoms with Gasteiger partial charge < -0.3 is 9.15 Å². The highest BCUT2D eigenvalue weighted by molar-refractivity contribution is 5.80. The second-order valence-corrected chi connectivity index (χ2v) is 5.16. The predicted molar refractivity (Wildman–Crippen MR) is 91.5 cm³/mol. The molecule has 0 aliphatic carbocycles. The number of hydrogen-bond donors (Lipinski definition) is 0. The normalized spacial score (nSPS) is 10.4. The van der Waals surface area contributed by atoms with Crippen LogP contribution in [0, 0.1) is 12.3 Å². The molecule has 0 amide bonds. The summed E-state index contributed by atoms with van der Waals surface area (Å²) in [5, 5.41) is 0.542. The Morgan fingerprint density at radius 2 is 1.91 bits per heavy atom. The van der Waals surface area contributed by atoms with Crippen LogP contribution in [0.3, 0.4) is 0 Å². The second-order valence-electron chi connectivity index (χ2n) is 5.16. The summed E-state index contributed by atoms with van der Waals surface area (Å²) in [4.78, 5) is 12.3. The van der Waals surface area contributed by atoms with Crippen LogP contribution in [0.25, 0.3) is 22.3 Å². The minimum Gasteiger partial charge on any atom is -0.493 e. The SMILES string of the molecule is C#CCCCOc1ccc2c(=O)cc(-c3ccccc3)oc2c1. The van der Waals surface area contributed by atoms with Crippen molar-refractivity contribution in [3.8, 4) is 29.4 Å². The fourth-order valence-corrected chi connectivity index (χ4v) is 2.33. The Morgan fingerprint density at radius 1 is 1.09 bits per heavy atom. The third kappa shape index (κ3) is 3.44. The average molecular weight is 304 g/mol. The lowest BCUT2D eigenvalue weighted by atomic mass is 10.1. The van der Waals surface area contributed by atoms with E-state index in [1.165, 1.54) is 6.07 Å². The maximum Gasteiger partial charge on any atom is 0.193 e. The molecule has 0 unspecified atom stereocenters. The van der Waals surface area contributed by atoms with Crippen molar-refractivity contribution in [2.45, 2.75) is 12.8 Å². The Balaban J connectivity index is 1.94. The van der Waals surface area contributed by atoms with Gasteiger partial charge >= 0.3 is 0 Å². The zero-order valence-corrected chi connectivity index (χ0v) is 12.6. The third-order valence-corrected chi connectivity index (χ3v) is 3.49. The highest BCUT2D eigenvalue weighted by atomic mass is 16.5. The molecule has 0 spiro atoms. The molecule has 0 atom stereocenters. The summed E-state index contributed by atoms with van der Waals surface area (Å²) in [5.41, 5.74) is 1.32. The van der Waals surface area contributed by atoms with Crippen LogP contribution in [0.1, 0.15) is 12.8 Å². The molecule has 3 nitrogen and oxygen atoms in total. The Hall–Kier alpha value is -2.99. The number of fused-ring (bicyclic) bond motifs is 1. The summed E-state index contributed by atoms with van der Waals surface area (Å²) < 4.78 is 11.5. The smallest absolute Gasteiger partial charge is 0.193 e. The quantitative estimate of drug-likeness (QED) is 0.522. The van der Waals surface area contributed by atoms with Gasteiger partial charge in [-0.25, -0.2) is 0 Å². The first-order valence-corrected chi connectivity index (χ1v) is 7.47. The molecule has 2 aromatic carbocycles. The molecule has 0 fully saturated rings. The van der Waals surface area contributed by atoms with Crippen molar-refractivity contribution >= 4 is 11.0 Å². The van der Waals surface area contributed by atoms with Crippen LogP contribution in [-0.2, 0) is 0 Å². The van der Waals surface area contributed by atoms with Gasteiger partial charge in [0.05, 0.1) is 12.0 Å². The van der Waals surface area contributed by atoms with Gasteiger partial charge in [-0.3, -0.25) is 4.79 Å². The molecule has 1 heterocycles. The third-order valence-electron chi connectivity index (χ3n) is 3.49. The molecule has 3 aromatic rings. The van der Waals surface area contributed by atoms with Crippen molar-refractivity contribution in [3.63, 3.8) is 0 Å². The van der Waals surface area contributed by atoms with Crippen LogP contribution in [0.5, 0.6) is 5.75 Å². The second kappa shape index (κ2) is 6.85. The molecule has 0 saturated carbocycles. The molecule has 3 heteroatoms. The highest BCUT2D eigenvalue weighted by Crippen LogP contribution is 2.24. The van der Waals surface area contributed by atoms with E-state index in [2.05, 4.69) is 5.92 Å². The van der Waals surface area contributed by atoms with Gasteiger partial charge in [0.2, 0.25) is 0 Å². The molecule has 0 aliphatic rings. The van der Waals surface area contributed by atoms with Crippen molar-refractivity contribution < 1.29 is 9.15 Å². The van der Waals surface area contributed by atoms with Gasteiger partial charge in [-0.15, -0.1) is 12.3 Å². The molecule has 0 saturated heterocycles. The number of unbranched alkanes of at least 4 members (excludes halogenated alkanes) is 1. The van der Waals surface area contributed by atoms with Crippen LogP contribution in [0.2, 0.25) is 0 Å². The molecule has 0 N–H and O–H groups in total. The lowest BCUT2D eigenvalue weighted by molar-refractivity contribution is 0.313. The zero-order valence-electron chi connectivity index (χ0n) is 12.6. The molecular formula is C20H16O3. The Bertz CT molecular complexity index is 902. The standard InChI is InChI=1S/C20H16O3/c1-2-3-7-12-22-16-10-11-17-18(21)14-19(23-20(17)13-16)15-8-5-4-6-9-15/h1,4-6,8-11,13-14H,3,7,12H2. The molecule has 0 bridgehead atoms. The lowest BCUT2D eigenvalue weighted by Gasteiger charge is -2.07. The van der Waals surface area contributed by atoms with Crippen LogP contribution in [0.15, 0.2) is 63.8 Å². The Labute approximate surface area is 134 Å². The van der Waals surface area contributed by atoms with Crippen LogP contribution in [-0.4, -0.2) is 6.61 Å². The minimum absolute atomic E-state index is 0.0658. The summed E-state index contributed by atoms with van der Waals surface area (Å²) in [6.45, 7) is 0.540. The summed E-state index contributed by atoms with van der Waals surface area (Å²) in [6.07, 6.45) is 6.69. The number of ether oxygens (including phenoxy) is 1. The number of rotatable bonds is 5. The summed E-state index contributed by atoms with van der Waals surface area (Å²) in [5.74, 6) is 3.79. The molecule has 1 aromatic heterocycles. The average Bonchev–Trinajstić information content (AvgIpc) is 2.59. The van der Waals surface area contributed by atoms with Gasteiger partial charge in [0.15, 0.2) is 5.43 Å². The van der Waals surface area contributed by atoms with E-state index in [-0.39, 0.29) is 5.43 Å². The first-order valence-electron chi connectivity index (χ1n) is 7.47. The Morgan fingerprint density at radius 3 is 2.70 bits per heavy atom. The summed E-state index contributed by atoms with van der Waals surface area (Å²) >= 11 is 0. The number of terminal acetylenes is 1. The topological polar surface area (TPSA) is 39.4 Å². The van der Waals surface area contributed by atoms with Crippen molar-refractivity contribution in [1.82, 2.24) is 0 Å². The van der Waals surface area contributed by atoms with E-state index >= 15 is 0 Å². The van der Waals surface area contributed by atoms with Crippen LogP contribution in [0.4, 0.5) is 0 Å². The van der Waals surface area contributed by atoms with Crippen molar-refractivity contribution in [2.75, 3.05) is 6.61 Å². The van der Waals surface area contributed by atoms with Gasteiger partial charge in [0.25, 0.3) is 0 Å². The van der Waals surface area contributed by atoms with Gasteiger partial charge in [-0.2, -0.15) is 0 Å². The zero-order chi connectivity index (χ0) is 16.1. The van der Waals surface area contributed by atoms with Crippen LogP contribution >= 0.6 is 0 Å². The first kappa shape index (κ1) is 14.9. The van der Waals surface area contributed by atoms with E-state index in [4.69, 9.17) is 15.6 Å². The van der Waals surface area contributed by atoms with Crippen molar-refractivity contribution in [1.29, 1.82) is 0 Å². The summed E-state index contributed by atoms with van der Waals surface area (Å²) in [6, 6.07) is 16.3. The fraction of sp³-hybridized carbons (Fsp3) is 0.150. The Kier molecular flexibility index (Phi) is 4.44. The van der Waals surface area contributed by atoms with Gasteiger partial charge in [-0.1, -0.05) is 30.3 Å². The highest BCUT2D eigenvalue weighted by Gasteiger charge is 2.08. The van der Waals surface area contributed by atoms with E-state index in [9.17, 15) is 4.79 Å². The van der Waals surface area contributed by atoms with E-state index < -0.39 is 0 Å². The molecule has 0 aliphatic heterocycles. The molecule has 0 radical (unpaired) electrons. The lowest BCUT2D eigenvalue weighted by Crippen LogP contribution is -2.01. The van der Waals surface area contributed by atoms with E-state index in [1.54, 1.807) is 18.2 Å².